The number of carbonyl (C=O) groups excluding carboxylic acids is 1. The van der Waals surface area contributed by atoms with Crippen LogP contribution in [0.25, 0.3) is 0 Å². The molecule has 1 fully saturated rings. The molecule has 0 radical (unpaired) electrons. The summed E-state index contributed by atoms with van der Waals surface area (Å²) < 4.78 is 16.4. The lowest BCUT2D eigenvalue weighted by Crippen LogP contribution is -2.32. The molecule has 142 valence electrons. The highest BCUT2D eigenvalue weighted by Crippen LogP contribution is 2.27. The van der Waals surface area contributed by atoms with E-state index in [2.05, 4.69) is 4.98 Å². The lowest BCUT2D eigenvalue weighted by molar-refractivity contribution is -0.386. The van der Waals surface area contributed by atoms with E-state index >= 15 is 0 Å². The van der Waals surface area contributed by atoms with Crippen LogP contribution in [0, 0.1) is 10.1 Å². The average Bonchev–Trinajstić information content (AvgIpc) is 3.10. The molecule has 2 heterocycles. The number of pyridine rings is 1. The molecule has 1 aromatic carbocycles. The van der Waals surface area contributed by atoms with Crippen LogP contribution in [0.4, 0.5) is 10.5 Å². The van der Waals surface area contributed by atoms with Gasteiger partial charge in [0.25, 0.3) is 5.88 Å². The summed E-state index contributed by atoms with van der Waals surface area (Å²) >= 11 is 0. The Morgan fingerprint density at radius 3 is 2.67 bits per heavy atom. The fourth-order valence-electron chi connectivity index (χ4n) is 2.80. The van der Waals surface area contributed by atoms with E-state index in [4.69, 9.17) is 14.2 Å². The number of hydrogen-bond donors (Lipinski definition) is 0. The molecule has 9 nitrogen and oxygen atoms in total. The molecule has 0 bridgehead atoms. The van der Waals surface area contributed by atoms with Crippen molar-refractivity contribution in [2.75, 3.05) is 20.2 Å². The Hall–Kier alpha value is -3.20. The number of likely N-dealkylation sites (tertiary alicyclic amines) is 1. The minimum atomic E-state index is -0.590. The van der Waals surface area contributed by atoms with Crippen LogP contribution in [-0.4, -0.2) is 53.3 Å². The van der Waals surface area contributed by atoms with E-state index in [0.717, 1.165) is 5.56 Å². The van der Waals surface area contributed by atoms with Crippen molar-refractivity contribution in [2.45, 2.75) is 18.8 Å². The molecule has 27 heavy (non-hydrogen) atoms. The van der Waals surface area contributed by atoms with E-state index in [1.807, 2.05) is 30.3 Å². The lowest BCUT2D eigenvalue weighted by atomic mass is 10.2. The molecule has 1 aliphatic rings. The van der Waals surface area contributed by atoms with Crippen molar-refractivity contribution in [1.82, 2.24) is 9.88 Å². The van der Waals surface area contributed by atoms with Crippen LogP contribution in [0.1, 0.15) is 5.56 Å². The Labute approximate surface area is 155 Å². The second kappa shape index (κ2) is 8.45. The molecule has 0 aliphatic carbocycles. The molecule has 0 spiro atoms. The average molecular weight is 373 g/mol. The first-order valence-corrected chi connectivity index (χ1v) is 8.33. The zero-order chi connectivity index (χ0) is 19.2. The predicted octanol–water partition coefficient (Wildman–Crippen LogP) is 2.40. The van der Waals surface area contributed by atoms with Gasteiger partial charge in [-0.15, -0.1) is 0 Å². The summed E-state index contributed by atoms with van der Waals surface area (Å²) in [7, 11) is 1.49. The van der Waals surface area contributed by atoms with Crippen LogP contribution < -0.4 is 4.74 Å². The molecule has 9 heteroatoms. The monoisotopic (exact) mass is 373 g/mol. The third-order valence-electron chi connectivity index (χ3n) is 4.19. The van der Waals surface area contributed by atoms with Gasteiger partial charge in [-0.1, -0.05) is 30.3 Å². The molecule has 2 atom stereocenters. The maximum atomic E-state index is 12.3. The first-order valence-electron chi connectivity index (χ1n) is 8.33. The second-order valence-corrected chi connectivity index (χ2v) is 5.96. The highest BCUT2D eigenvalue weighted by molar-refractivity contribution is 5.68. The number of benzene rings is 1. The van der Waals surface area contributed by atoms with Gasteiger partial charge in [0.2, 0.25) is 0 Å². The third kappa shape index (κ3) is 4.50. The third-order valence-corrected chi connectivity index (χ3v) is 4.19. The molecule has 0 saturated carbocycles. The minimum absolute atomic E-state index is 0.103. The molecule has 2 unspecified atom stereocenters. The Morgan fingerprint density at radius 1 is 1.22 bits per heavy atom. The van der Waals surface area contributed by atoms with E-state index in [9.17, 15) is 14.9 Å². The van der Waals surface area contributed by atoms with Crippen LogP contribution in [0.15, 0.2) is 48.7 Å². The molecule has 3 rings (SSSR count). The molecule has 1 amide bonds. The second-order valence-electron chi connectivity index (χ2n) is 5.96. The van der Waals surface area contributed by atoms with E-state index in [1.54, 1.807) is 0 Å². The van der Waals surface area contributed by atoms with Gasteiger partial charge in [-0.3, -0.25) is 10.1 Å². The molecule has 1 aromatic heterocycles. The fraction of sp³-hybridized carbons (Fsp3) is 0.333. The number of nitro groups is 1. The number of aromatic nitrogens is 1. The summed E-state index contributed by atoms with van der Waals surface area (Å²) in [5.41, 5.74) is 0.641. The standard InChI is InChI=1S/C18H19N3O6/c1-25-15-10-20(18(22)26-12-13-6-3-2-4-7-13)11-16(15)27-17-14(21(23)24)8-5-9-19-17/h2-9,15-16H,10-12H2,1H3. The van der Waals surface area contributed by atoms with E-state index in [1.165, 1.54) is 30.3 Å². The fourth-order valence-corrected chi connectivity index (χ4v) is 2.80. The predicted molar refractivity (Wildman–Crippen MR) is 94.3 cm³/mol. The van der Waals surface area contributed by atoms with Gasteiger partial charge < -0.3 is 19.1 Å². The number of ether oxygens (including phenoxy) is 3. The Morgan fingerprint density at radius 2 is 1.96 bits per heavy atom. The summed E-state index contributed by atoms with van der Waals surface area (Å²) in [5, 5.41) is 11.1. The molecular weight excluding hydrogens is 354 g/mol. The zero-order valence-electron chi connectivity index (χ0n) is 14.7. The van der Waals surface area contributed by atoms with Gasteiger partial charge >= 0.3 is 11.8 Å². The van der Waals surface area contributed by atoms with Crippen molar-refractivity contribution in [3.63, 3.8) is 0 Å². The summed E-state index contributed by atoms with van der Waals surface area (Å²) in [4.78, 5) is 28.2. The molecule has 0 N–H and O–H groups in total. The van der Waals surface area contributed by atoms with E-state index < -0.39 is 23.2 Å². The van der Waals surface area contributed by atoms with Gasteiger partial charge in [0.05, 0.1) is 18.0 Å². The van der Waals surface area contributed by atoms with E-state index in [-0.39, 0.29) is 31.3 Å². The summed E-state index contributed by atoms with van der Waals surface area (Å²) in [6.45, 7) is 0.598. The Bertz CT molecular complexity index is 801. The number of carbonyl (C=O) groups is 1. The maximum absolute atomic E-state index is 12.3. The van der Waals surface area contributed by atoms with Gasteiger partial charge in [0, 0.05) is 19.4 Å². The number of amides is 1. The largest absolute Gasteiger partial charge is 0.465 e. The lowest BCUT2D eigenvalue weighted by Gasteiger charge is -2.17. The quantitative estimate of drug-likeness (QED) is 0.566. The summed E-state index contributed by atoms with van der Waals surface area (Å²) in [6.07, 6.45) is -0.128. The summed E-state index contributed by atoms with van der Waals surface area (Å²) in [5.74, 6) is -0.103. The van der Waals surface area contributed by atoms with Crippen LogP contribution >= 0.6 is 0 Å². The number of nitrogens with zero attached hydrogens (tertiary/aromatic N) is 3. The first-order chi connectivity index (χ1) is 13.1. The van der Waals surface area contributed by atoms with Crippen molar-refractivity contribution in [3.05, 3.63) is 64.3 Å². The molecule has 2 aromatic rings. The molecular formula is C18H19N3O6. The van der Waals surface area contributed by atoms with Crippen molar-refractivity contribution >= 4 is 11.8 Å². The summed E-state index contributed by atoms with van der Waals surface area (Å²) in [6, 6.07) is 12.1. The highest BCUT2D eigenvalue weighted by Gasteiger charge is 2.39. The van der Waals surface area contributed by atoms with Gasteiger partial charge in [0.1, 0.15) is 18.8 Å². The van der Waals surface area contributed by atoms with Gasteiger partial charge in [0.15, 0.2) is 0 Å². The highest BCUT2D eigenvalue weighted by atomic mass is 16.6. The van der Waals surface area contributed by atoms with Crippen molar-refractivity contribution in [2.24, 2.45) is 0 Å². The van der Waals surface area contributed by atoms with Crippen LogP contribution in [0.2, 0.25) is 0 Å². The smallest absolute Gasteiger partial charge is 0.410 e. The molecule has 1 saturated heterocycles. The number of methoxy groups -OCH3 is 1. The van der Waals surface area contributed by atoms with Crippen molar-refractivity contribution in [1.29, 1.82) is 0 Å². The van der Waals surface area contributed by atoms with E-state index in [0.29, 0.717) is 0 Å². The van der Waals surface area contributed by atoms with Crippen molar-refractivity contribution < 1.29 is 23.9 Å². The van der Waals surface area contributed by atoms with Gasteiger partial charge in [-0.05, 0) is 11.6 Å². The SMILES string of the molecule is COC1CN(C(=O)OCc2ccccc2)CC1Oc1ncccc1[N+](=O)[O-]. The minimum Gasteiger partial charge on any atom is -0.465 e. The van der Waals surface area contributed by atoms with Crippen molar-refractivity contribution in [3.8, 4) is 5.88 Å². The van der Waals surface area contributed by atoms with Crippen LogP contribution in [0.3, 0.4) is 0 Å². The number of rotatable bonds is 6. The molecule has 1 aliphatic heterocycles. The zero-order valence-corrected chi connectivity index (χ0v) is 14.7. The maximum Gasteiger partial charge on any atom is 0.410 e. The Kier molecular flexibility index (Phi) is 5.82. The van der Waals surface area contributed by atoms with Crippen LogP contribution in [-0.2, 0) is 16.1 Å². The first kappa shape index (κ1) is 18.6. The topological polar surface area (TPSA) is 104 Å². The normalized spacial score (nSPS) is 18.9. The Balaban J connectivity index is 1.63. The van der Waals surface area contributed by atoms with Gasteiger partial charge in [-0.25, -0.2) is 9.78 Å². The van der Waals surface area contributed by atoms with Gasteiger partial charge in [-0.2, -0.15) is 0 Å². The van der Waals surface area contributed by atoms with Crippen LogP contribution in [0.5, 0.6) is 5.88 Å². The number of hydrogen-bond acceptors (Lipinski definition) is 7.